The van der Waals surface area contributed by atoms with E-state index < -0.39 is 0 Å². The van der Waals surface area contributed by atoms with Crippen molar-refractivity contribution in [2.45, 2.75) is 6.42 Å². The number of ether oxygens (including phenoxy) is 1. The van der Waals surface area contributed by atoms with Gasteiger partial charge in [0.25, 0.3) is 0 Å². The lowest BCUT2D eigenvalue weighted by molar-refractivity contribution is 0.304. The molecular weight excluding hydrogens is 213 g/mol. The first-order valence-corrected chi connectivity index (χ1v) is 5.55. The number of halogens is 1. The van der Waals surface area contributed by atoms with Crippen molar-refractivity contribution in [2.75, 3.05) is 6.61 Å². The Morgan fingerprint density at radius 3 is 2.93 bits per heavy atom. The standard InChI is InChI=1S/C11H10FNOS/c12-10-3-1-2-4-11(10)14-6-5-9-7-15-8-13-9/h1-4,7-8H,5-6H2. The molecule has 1 aromatic heterocycles. The van der Waals surface area contributed by atoms with E-state index in [0.29, 0.717) is 18.8 Å². The highest BCUT2D eigenvalue weighted by atomic mass is 32.1. The molecule has 0 amide bonds. The Hall–Kier alpha value is -1.42. The van der Waals surface area contributed by atoms with Crippen LogP contribution in [-0.4, -0.2) is 11.6 Å². The van der Waals surface area contributed by atoms with Gasteiger partial charge in [-0.2, -0.15) is 0 Å². The van der Waals surface area contributed by atoms with Crippen LogP contribution in [0, 0.1) is 5.82 Å². The molecule has 0 bridgehead atoms. The Bertz CT molecular complexity index is 416. The fraction of sp³-hybridized carbons (Fsp3) is 0.182. The van der Waals surface area contributed by atoms with Gasteiger partial charge in [0, 0.05) is 11.8 Å². The maximum absolute atomic E-state index is 13.1. The van der Waals surface area contributed by atoms with Crippen molar-refractivity contribution in [1.82, 2.24) is 4.98 Å². The summed E-state index contributed by atoms with van der Waals surface area (Å²) in [5.74, 6) is -0.0245. The van der Waals surface area contributed by atoms with Crippen molar-refractivity contribution >= 4 is 11.3 Å². The summed E-state index contributed by atoms with van der Waals surface area (Å²) in [6.07, 6.45) is 0.706. The molecule has 0 aliphatic carbocycles. The first-order valence-electron chi connectivity index (χ1n) is 4.60. The third-order valence-corrected chi connectivity index (χ3v) is 2.57. The Labute approximate surface area is 91.4 Å². The summed E-state index contributed by atoms with van der Waals surface area (Å²) in [4.78, 5) is 4.11. The highest BCUT2D eigenvalue weighted by Crippen LogP contribution is 2.15. The van der Waals surface area contributed by atoms with Crippen LogP contribution in [0.4, 0.5) is 4.39 Å². The van der Waals surface area contributed by atoms with Gasteiger partial charge in [0.2, 0.25) is 0 Å². The molecule has 0 aliphatic rings. The predicted octanol–water partition coefficient (Wildman–Crippen LogP) is 2.90. The molecule has 0 saturated carbocycles. The molecule has 78 valence electrons. The zero-order valence-corrected chi connectivity index (χ0v) is 8.84. The molecule has 0 N–H and O–H groups in total. The normalized spacial score (nSPS) is 10.2. The summed E-state index contributed by atoms with van der Waals surface area (Å²) < 4.78 is 18.4. The second kappa shape index (κ2) is 4.89. The third-order valence-electron chi connectivity index (χ3n) is 1.94. The predicted molar refractivity (Wildman–Crippen MR) is 57.7 cm³/mol. The Balaban J connectivity index is 1.86. The lowest BCUT2D eigenvalue weighted by atomic mass is 10.3. The van der Waals surface area contributed by atoms with Crippen molar-refractivity contribution in [3.8, 4) is 5.75 Å². The van der Waals surface area contributed by atoms with Crippen molar-refractivity contribution < 1.29 is 9.13 Å². The maximum atomic E-state index is 13.1. The average Bonchev–Trinajstić information content (AvgIpc) is 2.74. The van der Waals surface area contributed by atoms with Crippen LogP contribution in [-0.2, 0) is 6.42 Å². The summed E-state index contributed by atoms with van der Waals surface area (Å²) in [6, 6.07) is 6.40. The zero-order chi connectivity index (χ0) is 10.5. The maximum Gasteiger partial charge on any atom is 0.165 e. The lowest BCUT2D eigenvalue weighted by Crippen LogP contribution is -2.02. The first-order chi connectivity index (χ1) is 7.36. The molecule has 0 saturated heterocycles. The fourth-order valence-electron chi connectivity index (χ4n) is 1.19. The van der Waals surface area contributed by atoms with Crippen LogP contribution < -0.4 is 4.74 Å². The summed E-state index contributed by atoms with van der Waals surface area (Å²) >= 11 is 1.55. The molecule has 0 radical (unpaired) electrons. The average molecular weight is 223 g/mol. The molecule has 2 aromatic rings. The molecule has 0 atom stereocenters. The number of aromatic nitrogens is 1. The minimum absolute atomic E-state index is 0.299. The van der Waals surface area contributed by atoms with Crippen LogP contribution in [0.1, 0.15) is 5.69 Å². The number of rotatable bonds is 4. The van der Waals surface area contributed by atoms with E-state index in [9.17, 15) is 4.39 Å². The summed E-state index contributed by atoms with van der Waals surface area (Å²) in [5, 5.41) is 1.96. The third kappa shape index (κ3) is 2.76. The lowest BCUT2D eigenvalue weighted by Gasteiger charge is -2.05. The molecule has 1 heterocycles. The van der Waals surface area contributed by atoms with Crippen molar-refractivity contribution in [2.24, 2.45) is 0 Å². The molecule has 2 rings (SSSR count). The molecule has 15 heavy (non-hydrogen) atoms. The van der Waals surface area contributed by atoms with Gasteiger partial charge in [-0.1, -0.05) is 12.1 Å². The Morgan fingerprint density at radius 2 is 2.20 bits per heavy atom. The van der Waals surface area contributed by atoms with Gasteiger partial charge in [0.1, 0.15) is 0 Å². The highest BCUT2D eigenvalue weighted by Gasteiger charge is 2.01. The largest absolute Gasteiger partial charge is 0.490 e. The van der Waals surface area contributed by atoms with Crippen LogP contribution in [0.5, 0.6) is 5.75 Å². The number of thiazole rings is 1. The number of hydrogen-bond donors (Lipinski definition) is 0. The van der Waals surface area contributed by atoms with Crippen LogP contribution in [0.3, 0.4) is 0 Å². The Morgan fingerprint density at radius 1 is 1.33 bits per heavy atom. The topological polar surface area (TPSA) is 22.1 Å². The van der Waals surface area contributed by atoms with Gasteiger partial charge in [-0.15, -0.1) is 11.3 Å². The van der Waals surface area contributed by atoms with Gasteiger partial charge >= 0.3 is 0 Å². The molecule has 2 nitrogen and oxygen atoms in total. The van der Waals surface area contributed by atoms with Gasteiger partial charge in [-0.05, 0) is 12.1 Å². The van der Waals surface area contributed by atoms with Gasteiger partial charge in [-0.25, -0.2) is 9.37 Å². The monoisotopic (exact) mass is 223 g/mol. The SMILES string of the molecule is Fc1ccccc1OCCc1cscn1. The van der Waals surface area contributed by atoms with E-state index in [2.05, 4.69) is 4.98 Å². The van der Waals surface area contributed by atoms with Crippen LogP contribution in [0.25, 0.3) is 0 Å². The van der Waals surface area contributed by atoms with Crippen molar-refractivity contribution in [1.29, 1.82) is 0 Å². The summed E-state index contributed by atoms with van der Waals surface area (Å²) in [5.41, 5.74) is 2.76. The first kappa shape index (κ1) is 10.1. The van der Waals surface area contributed by atoms with E-state index in [0.717, 1.165) is 5.69 Å². The van der Waals surface area contributed by atoms with E-state index in [1.807, 2.05) is 5.38 Å². The van der Waals surface area contributed by atoms with E-state index in [-0.39, 0.29) is 5.82 Å². The minimum atomic E-state index is -0.323. The van der Waals surface area contributed by atoms with E-state index in [1.54, 1.807) is 35.0 Å². The number of para-hydroxylation sites is 1. The summed E-state index contributed by atoms with van der Waals surface area (Å²) in [7, 11) is 0. The second-order valence-corrected chi connectivity index (χ2v) is 3.73. The van der Waals surface area contributed by atoms with Gasteiger partial charge in [0.15, 0.2) is 11.6 Å². The fourth-order valence-corrected chi connectivity index (χ4v) is 1.78. The molecule has 0 fully saturated rings. The van der Waals surface area contributed by atoms with Crippen LogP contribution in [0.15, 0.2) is 35.2 Å². The zero-order valence-electron chi connectivity index (χ0n) is 8.02. The minimum Gasteiger partial charge on any atom is -0.490 e. The highest BCUT2D eigenvalue weighted by molar-refractivity contribution is 7.07. The number of benzene rings is 1. The molecular formula is C11H10FNOS. The summed E-state index contributed by atoms with van der Waals surface area (Å²) in [6.45, 7) is 0.449. The van der Waals surface area contributed by atoms with Gasteiger partial charge < -0.3 is 4.74 Å². The quantitative estimate of drug-likeness (QED) is 0.795. The Kier molecular flexibility index (Phi) is 3.29. The molecule has 4 heteroatoms. The molecule has 0 aliphatic heterocycles. The van der Waals surface area contributed by atoms with E-state index >= 15 is 0 Å². The van der Waals surface area contributed by atoms with Crippen molar-refractivity contribution in [3.63, 3.8) is 0 Å². The molecule has 0 unspecified atom stereocenters. The molecule has 1 aromatic carbocycles. The second-order valence-electron chi connectivity index (χ2n) is 3.01. The van der Waals surface area contributed by atoms with Crippen LogP contribution in [0.2, 0.25) is 0 Å². The smallest absolute Gasteiger partial charge is 0.165 e. The van der Waals surface area contributed by atoms with E-state index in [1.165, 1.54) is 6.07 Å². The number of nitrogens with zero attached hydrogens (tertiary/aromatic N) is 1. The van der Waals surface area contributed by atoms with Crippen molar-refractivity contribution in [3.05, 3.63) is 46.7 Å². The molecule has 0 spiro atoms. The van der Waals surface area contributed by atoms with E-state index in [4.69, 9.17) is 4.74 Å². The van der Waals surface area contributed by atoms with Gasteiger partial charge in [0.05, 0.1) is 17.8 Å². The van der Waals surface area contributed by atoms with Gasteiger partial charge in [-0.3, -0.25) is 0 Å². The van der Waals surface area contributed by atoms with Crippen LogP contribution >= 0.6 is 11.3 Å². The number of hydrogen-bond acceptors (Lipinski definition) is 3.